The Morgan fingerprint density at radius 1 is 1.22 bits per heavy atom. The van der Waals surface area contributed by atoms with E-state index >= 15 is 0 Å². The number of fused-ring (bicyclic) bond motifs is 4. The van der Waals surface area contributed by atoms with E-state index in [2.05, 4.69) is 10.6 Å². The van der Waals surface area contributed by atoms with Crippen LogP contribution < -0.4 is 15.4 Å². The zero-order valence-corrected chi connectivity index (χ0v) is 18.8. The van der Waals surface area contributed by atoms with Crippen molar-refractivity contribution in [2.45, 2.75) is 50.7 Å². The van der Waals surface area contributed by atoms with Crippen LogP contribution in [0.2, 0.25) is 0 Å². The molecule has 2 N–H and O–H groups in total. The Kier molecular flexibility index (Phi) is 5.64. The van der Waals surface area contributed by atoms with Crippen molar-refractivity contribution in [3.05, 3.63) is 64.7 Å². The SMILES string of the molecule is COc1c(C(=O)N[C@H](C)c2ccccc2)ccc2c1[C@H]1C[C@@H]3NCCC[C@@H]3C(=O)N1CC2. The number of hydrogen-bond acceptors (Lipinski definition) is 4. The molecular formula is C26H31N3O3. The maximum atomic E-state index is 13.3. The number of benzene rings is 2. The molecule has 0 spiro atoms. The molecule has 32 heavy (non-hydrogen) atoms. The van der Waals surface area contributed by atoms with E-state index in [1.807, 2.05) is 54.3 Å². The molecule has 0 saturated carbocycles. The number of amides is 2. The van der Waals surface area contributed by atoms with Gasteiger partial charge in [0.2, 0.25) is 5.91 Å². The summed E-state index contributed by atoms with van der Waals surface area (Å²) in [5.74, 6) is 0.774. The monoisotopic (exact) mass is 433 g/mol. The minimum absolute atomic E-state index is 0.0488. The molecule has 0 aliphatic carbocycles. The van der Waals surface area contributed by atoms with Gasteiger partial charge in [-0.1, -0.05) is 36.4 Å². The lowest BCUT2D eigenvalue weighted by Crippen LogP contribution is -2.57. The van der Waals surface area contributed by atoms with Crippen LogP contribution in [-0.2, 0) is 11.2 Å². The number of nitrogens with one attached hydrogen (secondary N) is 2. The van der Waals surface area contributed by atoms with Crippen LogP contribution in [0.3, 0.4) is 0 Å². The van der Waals surface area contributed by atoms with E-state index in [0.29, 0.717) is 11.3 Å². The third kappa shape index (κ3) is 3.56. The molecule has 0 radical (unpaired) electrons. The normalized spacial score (nSPS) is 25.2. The molecule has 6 heteroatoms. The van der Waals surface area contributed by atoms with Gasteiger partial charge in [0.05, 0.1) is 30.7 Å². The molecule has 168 valence electrons. The lowest BCUT2D eigenvalue weighted by atomic mass is 9.76. The molecule has 2 aromatic rings. The van der Waals surface area contributed by atoms with Gasteiger partial charge in [-0.3, -0.25) is 9.59 Å². The molecule has 3 heterocycles. The van der Waals surface area contributed by atoms with Gasteiger partial charge in [-0.25, -0.2) is 0 Å². The van der Waals surface area contributed by atoms with Gasteiger partial charge in [-0.2, -0.15) is 0 Å². The summed E-state index contributed by atoms with van der Waals surface area (Å²) in [6.45, 7) is 3.68. The largest absolute Gasteiger partial charge is 0.496 e. The van der Waals surface area contributed by atoms with Crippen molar-refractivity contribution in [3.63, 3.8) is 0 Å². The van der Waals surface area contributed by atoms with E-state index in [0.717, 1.165) is 49.9 Å². The van der Waals surface area contributed by atoms with Gasteiger partial charge in [0.1, 0.15) is 5.75 Å². The molecule has 5 rings (SSSR count). The second-order valence-electron chi connectivity index (χ2n) is 9.17. The highest BCUT2D eigenvalue weighted by atomic mass is 16.5. The minimum atomic E-state index is -0.158. The maximum absolute atomic E-state index is 13.3. The van der Waals surface area contributed by atoms with Crippen LogP contribution in [0.4, 0.5) is 0 Å². The summed E-state index contributed by atoms with van der Waals surface area (Å²) in [5.41, 5.74) is 3.77. The predicted octanol–water partition coefficient (Wildman–Crippen LogP) is 3.38. The summed E-state index contributed by atoms with van der Waals surface area (Å²) in [6, 6.07) is 13.9. The van der Waals surface area contributed by atoms with Gasteiger partial charge in [-0.15, -0.1) is 0 Å². The molecule has 3 aliphatic heterocycles. The lowest BCUT2D eigenvalue weighted by molar-refractivity contribution is -0.145. The fourth-order valence-electron chi connectivity index (χ4n) is 5.73. The first-order valence-corrected chi connectivity index (χ1v) is 11.7. The van der Waals surface area contributed by atoms with E-state index in [1.54, 1.807) is 7.11 Å². The molecule has 6 nitrogen and oxygen atoms in total. The standard InChI is InChI=1S/C26H31N3O3/c1-16(17-7-4-3-5-8-17)28-25(30)20-11-10-18-12-14-29-22(23(18)24(20)32-2)15-21-19(26(29)31)9-6-13-27-21/h3-5,7-8,10-11,16,19,21-22,27H,6,9,12-15H2,1-2H3,(H,28,30)/t16-,19+,21+,22-/m1/s1. The predicted molar refractivity (Wildman–Crippen MR) is 123 cm³/mol. The van der Waals surface area contributed by atoms with E-state index in [9.17, 15) is 9.59 Å². The van der Waals surface area contributed by atoms with Gasteiger partial charge in [0.25, 0.3) is 5.91 Å². The molecule has 2 aromatic carbocycles. The summed E-state index contributed by atoms with van der Waals surface area (Å²) in [6.07, 6.45) is 3.67. The first-order valence-electron chi connectivity index (χ1n) is 11.7. The maximum Gasteiger partial charge on any atom is 0.255 e. The summed E-state index contributed by atoms with van der Waals surface area (Å²) >= 11 is 0. The lowest BCUT2D eigenvalue weighted by Gasteiger charge is -2.48. The number of nitrogens with zero attached hydrogens (tertiary/aromatic N) is 1. The zero-order chi connectivity index (χ0) is 22.2. The van der Waals surface area contributed by atoms with Gasteiger partial charge in [0.15, 0.2) is 0 Å². The molecule has 0 aromatic heterocycles. The zero-order valence-electron chi connectivity index (χ0n) is 18.8. The van der Waals surface area contributed by atoms with Gasteiger partial charge in [-0.05, 0) is 56.3 Å². The van der Waals surface area contributed by atoms with Crippen molar-refractivity contribution in [1.82, 2.24) is 15.5 Å². The number of ether oxygens (including phenoxy) is 1. The van der Waals surface area contributed by atoms with Crippen LogP contribution in [0.1, 0.15) is 65.3 Å². The van der Waals surface area contributed by atoms with Crippen LogP contribution in [0, 0.1) is 5.92 Å². The minimum Gasteiger partial charge on any atom is -0.496 e. The average Bonchev–Trinajstić information content (AvgIpc) is 2.83. The topological polar surface area (TPSA) is 70.7 Å². The average molecular weight is 434 g/mol. The van der Waals surface area contributed by atoms with Crippen molar-refractivity contribution in [1.29, 1.82) is 0 Å². The number of rotatable bonds is 4. The quantitative estimate of drug-likeness (QED) is 0.776. The summed E-state index contributed by atoms with van der Waals surface area (Å²) < 4.78 is 5.85. The van der Waals surface area contributed by atoms with E-state index in [1.165, 1.54) is 5.56 Å². The molecular weight excluding hydrogens is 402 g/mol. The van der Waals surface area contributed by atoms with Crippen molar-refractivity contribution in [2.75, 3.05) is 20.2 Å². The molecule has 2 amide bonds. The third-order valence-electron chi connectivity index (χ3n) is 7.38. The van der Waals surface area contributed by atoms with Gasteiger partial charge in [0, 0.05) is 18.2 Å². The van der Waals surface area contributed by atoms with Crippen LogP contribution in [0.5, 0.6) is 5.75 Å². The number of piperidine rings is 2. The second-order valence-corrected chi connectivity index (χ2v) is 9.17. The molecule has 0 bridgehead atoms. The molecule has 0 unspecified atom stereocenters. The Hall–Kier alpha value is -2.86. The molecule has 4 atom stereocenters. The number of carbonyl (C=O) groups is 2. The molecule has 2 saturated heterocycles. The Bertz CT molecular complexity index is 1020. The Balaban J connectivity index is 1.47. The van der Waals surface area contributed by atoms with Gasteiger partial charge < -0.3 is 20.3 Å². The highest BCUT2D eigenvalue weighted by Gasteiger charge is 2.46. The Morgan fingerprint density at radius 3 is 2.81 bits per heavy atom. The van der Waals surface area contributed by atoms with E-state index < -0.39 is 0 Å². The number of hydrogen-bond donors (Lipinski definition) is 2. The van der Waals surface area contributed by atoms with E-state index in [4.69, 9.17) is 4.74 Å². The highest BCUT2D eigenvalue weighted by molar-refractivity contribution is 5.98. The molecule has 2 fully saturated rings. The van der Waals surface area contributed by atoms with Crippen molar-refractivity contribution in [2.24, 2.45) is 5.92 Å². The van der Waals surface area contributed by atoms with Crippen molar-refractivity contribution >= 4 is 11.8 Å². The Labute approximate surface area is 189 Å². The third-order valence-corrected chi connectivity index (χ3v) is 7.38. The summed E-state index contributed by atoms with van der Waals surface area (Å²) in [7, 11) is 1.62. The van der Waals surface area contributed by atoms with E-state index in [-0.39, 0.29) is 35.9 Å². The first kappa shape index (κ1) is 21.0. The second kappa shape index (κ2) is 8.58. The van der Waals surface area contributed by atoms with Crippen LogP contribution in [-0.4, -0.2) is 43.0 Å². The van der Waals surface area contributed by atoms with Crippen LogP contribution in [0.15, 0.2) is 42.5 Å². The van der Waals surface area contributed by atoms with Crippen molar-refractivity contribution in [3.8, 4) is 5.75 Å². The van der Waals surface area contributed by atoms with Gasteiger partial charge >= 0.3 is 0 Å². The highest BCUT2D eigenvalue weighted by Crippen LogP contribution is 2.45. The smallest absolute Gasteiger partial charge is 0.255 e. The number of methoxy groups -OCH3 is 1. The Morgan fingerprint density at radius 2 is 2.03 bits per heavy atom. The van der Waals surface area contributed by atoms with Crippen molar-refractivity contribution < 1.29 is 14.3 Å². The number of carbonyl (C=O) groups excluding carboxylic acids is 2. The first-order chi connectivity index (χ1) is 15.6. The fourth-order valence-corrected chi connectivity index (χ4v) is 5.73. The summed E-state index contributed by atoms with van der Waals surface area (Å²) in [5, 5.41) is 6.68. The summed E-state index contributed by atoms with van der Waals surface area (Å²) in [4.78, 5) is 28.6. The fraction of sp³-hybridized carbons (Fsp3) is 0.462. The molecule has 3 aliphatic rings. The van der Waals surface area contributed by atoms with Crippen LogP contribution >= 0.6 is 0 Å². The van der Waals surface area contributed by atoms with Crippen LogP contribution in [0.25, 0.3) is 0 Å².